The van der Waals surface area contributed by atoms with Gasteiger partial charge in [0.1, 0.15) is 5.82 Å². The maximum Gasteiger partial charge on any atom is 0.150 e. The molecule has 2 rings (SSSR count). The Balaban J connectivity index is 2.20. The normalized spacial score (nSPS) is 24.8. The minimum absolute atomic E-state index is 0.0842. The van der Waals surface area contributed by atoms with Gasteiger partial charge >= 0.3 is 0 Å². The molecule has 1 aromatic rings. The van der Waals surface area contributed by atoms with E-state index in [1.54, 1.807) is 12.1 Å². The Labute approximate surface area is 113 Å². The summed E-state index contributed by atoms with van der Waals surface area (Å²) in [6.45, 7) is 0. The lowest BCUT2D eigenvalue weighted by Gasteiger charge is -2.16. The average molecular weight is 342 g/mol. The number of halogens is 3. The SMILES string of the molecule is O=S1(=O)CCC(C(Cl)c2ccc(F)c(Br)c2)C1. The van der Waals surface area contributed by atoms with E-state index in [0.29, 0.717) is 10.9 Å². The smallest absolute Gasteiger partial charge is 0.150 e. The van der Waals surface area contributed by atoms with Gasteiger partial charge in [-0.2, -0.15) is 0 Å². The summed E-state index contributed by atoms with van der Waals surface area (Å²) in [6, 6.07) is 4.54. The molecule has 0 spiro atoms. The van der Waals surface area contributed by atoms with E-state index >= 15 is 0 Å². The third-order valence-electron chi connectivity index (χ3n) is 2.94. The Morgan fingerprint density at radius 2 is 2.18 bits per heavy atom. The molecular weight excluding hydrogens is 331 g/mol. The molecule has 0 aliphatic carbocycles. The second-order valence-electron chi connectivity index (χ2n) is 4.24. The van der Waals surface area contributed by atoms with Gasteiger partial charge in [-0.05, 0) is 46.0 Å². The zero-order valence-electron chi connectivity index (χ0n) is 8.87. The van der Waals surface area contributed by atoms with Crippen molar-refractivity contribution in [3.63, 3.8) is 0 Å². The average Bonchev–Trinajstić information content (AvgIpc) is 2.62. The van der Waals surface area contributed by atoms with E-state index in [2.05, 4.69) is 15.9 Å². The lowest BCUT2D eigenvalue weighted by atomic mass is 9.98. The van der Waals surface area contributed by atoms with E-state index in [1.165, 1.54) is 6.07 Å². The Morgan fingerprint density at radius 1 is 1.47 bits per heavy atom. The molecule has 17 heavy (non-hydrogen) atoms. The fourth-order valence-corrected chi connectivity index (χ4v) is 4.70. The Bertz CT molecular complexity index is 532. The lowest BCUT2D eigenvalue weighted by molar-refractivity contribution is 0.566. The minimum atomic E-state index is -2.94. The molecule has 1 aliphatic rings. The molecule has 1 aliphatic heterocycles. The van der Waals surface area contributed by atoms with Crippen molar-refractivity contribution in [2.24, 2.45) is 5.92 Å². The molecule has 94 valence electrons. The molecule has 2 unspecified atom stereocenters. The summed E-state index contributed by atoms with van der Waals surface area (Å²) in [5, 5.41) is -0.385. The van der Waals surface area contributed by atoms with Gasteiger partial charge in [0, 0.05) is 0 Å². The van der Waals surface area contributed by atoms with Gasteiger partial charge in [-0.3, -0.25) is 0 Å². The van der Waals surface area contributed by atoms with Gasteiger partial charge in [-0.1, -0.05) is 6.07 Å². The minimum Gasteiger partial charge on any atom is -0.229 e. The first-order chi connectivity index (χ1) is 7.89. The quantitative estimate of drug-likeness (QED) is 0.774. The van der Waals surface area contributed by atoms with Crippen LogP contribution in [0.1, 0.15) is 17.4 Å². The van der Waals surface area contributed by atoms with Crippen molar-refractivity contribution < 1.29 is 12.8 Å². The molecule has 0 aromatic heterocycles. The summed E-state index contributed by atoms with van der Waals surface area (Å²) >= 11 is 9.35. The first kappa shape index (κ1) is 13.3. The van der Waals surface area contributed by atoms with Crippen LogP contribution in [0.25, 0.3) is 0 Å². The Hall–Kier alpha value is -0.130. The molecule has 0 saturated carbocycles. The van der Waals surface area contributed by atoms with Crippen molar-refractivity contribution in [3.05, 3.63) is 34.1 Å². The topological polar surface area (TPSA) is 34.1 Å². The molecular formula is C11H11BrClFO2S. The number of hydrogen-bond donors (Lipinski definition) is 0. The molecule has 6 heteroatoms. The van der Waals surface area contributed by atoms with Crippen molar-refractivity contribution >= 4 is 37.4 Å². The van der Waals surface area contributed by atoms with Gasteiger partial charge in [-0.25, -0.2) is 12.8 Å². The van der Waals surface area contributed by atoms with E-state index in [-0.39, 0.29) is 28.6 Å². The molecule has 0 bridgehead atoms. The van der Waals surface area contributed by atoms with E-state index < -0.39 is 9.84 Å². The summed E-state index contributed by atoms with van der Waals surface area (Å²) in [5.41, 5.74) is 0.752. The van der Waals surface area contributed by atoms with Crippen molar-refractivity contribution in [1.29, 1.82) is 0 Å². The van der Waals surface area contributed by atoms with Crippen molar-refractivity contribution in [1.82, 2.24) is 0 Å². The Kier molecular flexibility index (Phi) is 3.80. The highest BCUT2D eigenvalue weighted by molar-refractivity contribution is 9.10. The van der Waals surface area contributed by atoms with E-state index in [9.17, 15) is 12.8 Å². The summed E-state index contributed by atoms with van der Waals surface area (Å²) in [4.78, 5) is 0. The zero-order valence-corrected chi connectivity index (χ0v) is 12.0. The molecule has 0 amide bonds. The van der Waals surface area contributed by atoms with Crippen LogP contribution in [0, 0.1) is 11.7 Å². The standard InChI is InChI=1S/C11H11BrClFO2S/c12-9-5-7(1-2-10(9)14)11(13)8-3-4-17(15,16)6-8/h1-2,5,8,11H,3-4,6H2. The third kappa shape index (κ3) is 3.01. The molecule has 2 nitrogen and oxygen atoms in total. The molecule has 2 atom stereocenters. The van der Waals surface area contributed by atoms with Gasteiger partial charge in [0.2, 0.25) is 0 Å². The van der Waals surface area contributed by atoms with Crippen molar-refractivity contribution in [2.45, 2.75) is 11.8 Å². The fourth-order valence-electron chi connectivity index (χ4n) is 2.01. The molecule has 0 radical (unpaired) electrons. The number of alkyl halides is 1. The van der Waals surface area contributed by atoms with Crippen LogP contribution >= 0.6 is 27.5 Å². The highest BCUT2D eigenvalue weighted by atomic mass is 79.9. The van der Waals surface area contributed by atoms with Gasteiger partial charge in [0.25, 0.3) is 0 Å². The largest absolute Gasteiger partial charge is 0.229 e. The summed E-state index contributed by atoms with van der Waals surface area (Å²) in [5.74, 6) is -0.116. The first-order valence-corrected chi connectivity index (χ1v) is 8.23. The molecule has 1 heterocycles. The van der Waals surface area contributed by atoms with Gasteiger partial charge in [0.05, 0.1) is 21.4 Å². The highest BCUT2D eigenvalue weighted by Crippen LogP contribution is 2.37. The predicted octanol–water partition coefficient (Wildman–Crippen LogP) is 3.30. The fraction of sp³-hybridized carbons (Fsp3) is 0.455. The number of benzene rings is 1. The van der Waals surface area contributed by atoms with E-state index in [4.69, 9.17) is 11.6 Å². The molecule has 1 aromatic carbocycles. The van der Waals surface area contributed by atoms with Crippen LogP contribution in [-0.2, 0) is 9.84 Å². The van der Waals surface area contributed by atoms with Crippen LogP contribution in [0.3, 0.4) is 0 Å². The van der Waals surface area contributed by atoms with Gasteiger partial charge in [-0.15, -0.1) is 11.6 Å². The van der Waals surface area contributed by atoms with Crippen LogP contribution < -0.4 is 0 Å². The van der Waals surface area contributed by atoms with Crippen LogP contribution in [-0.4, -0.2) is 19.9 Å². The van der Waals surface area contributed by atoms with E-state index in [0.717, 1.165) is 5.56 Å². The molecule has 1 saturated heterocycles. The summed E-state index contributed by atoms with van der Waals surface area (Å²) in [7, 11) is -2.94. The maximum atomic E-state index is 13.1. The second kappa shape index (κ2) is 4.86. The first-order valence-electron chi connectivity index (χ1n) is 5.18. The zero-order chi connectivity index (χ0) is 12.6. The summed E-state index contributed by atoms with van der Waals surface area (Å²) in [6.07, 6.45) is 0.575. The number of sulfone groups is 1. The molecule has 0 N–H and O–H groups in total. The van der Waals surface area contributed by atoms with E-state index in [1.807, 2.05) is 0 Å². The van der Waals surface area contributed by atoms with Crippen LogP contribution in [0.2, 0.25) is 0 Å². The summed E-state index contributed by atoms with van der Waals surface area (Å²) < 4.78 is 36.2. The number of rotatable bonds is 2. The van der Waals surface area contributed by atoms with Crippen LogP contribution in [0.15, 0.2) is 22.7 Å². The van der Waals surface area contributed by atoms with Gasteiger partial charge < -0.3 is 0 Å². The van der Waals surface area contributed by atoms with Crippen LogP contribution in [0.4, 0.5) is 4.39 Å². The lowest BCUT2D eigenvalue weighted by Crippen LogP contribution is -2.10. The second-order valence-corrected chi connectivity index (χ2v) is 7.79. The monoisotopic (exact) mass is 340 g/mol. The van der Waals surface area contributed by atoms with Crippen molar-refractivity contribution in [2.75, 3.05) is 11.5 Å². The highest BCUT2D eigenvalue weighted by Gasteiger charge is 2.33. The predicted molar refractivity (Wildman–Crippen MR) is 69.5 cm³/mol. The van der Waals surface area contributed by atoms with Crippen molar-refractivity contribution in [3.8, 4) is 0 Å². The Morgan fingerprint density at radius 3 is 2.71 bits per heavy atom. The third-order valence-corrected chi connectivity index (χ3v) is 5.95. The number of hydrogen-bond acceptors (Lipinski definition) is 2. The maximum absolute atomic E-state index is 13.1. The van der Waals surface area contributed by atoms with Gasteiger partial charge in [0.15, 0.2) is 9.84 Å². The van der Waals surface area contributed by atoms with Crippen LogP contribution in [0.5, 0.6) is 0 Å². The molecule has 1 fully saturated rings.